The number of nitrogens with one attached hydrogen (secondary N) is 1. The van der Waals surface area contributed by atoms with Crippen LogP contribution in [0.15, 0.2) is 0 Å². The predicted octanol–water partition coefficient (Wildman–Crippen LogP) is 0.974. The standard InChI is InChI=1S/C12H23NO5S/c1-11(2,10(14)15)12(3,4)13-19(16,17)9-5-7-18-8-6-9/h9,13H,5-8H2,1-4H3,(H,14,15). The first-order chi connectivity index (χ1) is 8.51. The maximum Gasteiger partial charge on any atom is 0.310 e. The highest BCUT2D eigenvalue weighted by Crippen LogP contribution is 2.32. The normalized spacial score (nSPS) is 19.4. The second-order valence-corrected chi connectivity index (χ2v) is 7.97. The third-order valence-corrected chi connectivity index (χ3v) is 6.25. The SMILES string of the molecule is CC(C)(NS(=O)(=O)C1CCOCC1)C(C)(C)C(=O)O. The van der Waals surface area contributed by atoms with Crippen LogP contribution in [-0.4, -0.2) is 43.5 Å². The molecular weight excluding hydrogens is 270 g/mol. The van der Waals surface area contributed by atoms with Crippen molar-refractivity contribution in [3.8, 4) is 0 Å². The summed E-state index contributed by atoms with van der Waals surface area (Å²) < 4.78 is 32.3. The van der Waals surface area contributed by atoms with Gasteiger partial charge in [-0.3, -0.25) is 4.79 Å². The summed E-state index contributed by atoms with van der Waals surface area (Å²) in [6.45, 7) is 7.07. The fourth-order valence-corrected chi connectivity index (χ4v) is 3.77. The predicted molar refractivity (Wildman–Crippen MR) is 71.4 cm³/mol. The van der Waals surface area contributed by atoms with Crippen molar-refractivity contribution in [3.05, 3.63) is 0 Å². The van der Waals surface area contributed by atoms with Crippen molar-refractivity contribution >= 4 is 16.0 Å². The first-order valence-corrected chi connectivity index (χ1v) is 7.89. The third kappa shape index (κ3) is 3.46. The number of sulfonamides is 1. The summed E-state index contributed by atoms with van der Waals surface area (Å²) in [5, 5.41) is 8.72. The van der Waals surface area contributed by atoms with E-state index in [1.54, 1.807) is 13.8 Å². The molecule has 6 nitrogen and oxygen atoms in total. The van der Waals surface area contributed by atoms with Gasteiger partial charge in [0.15, 0.2) is 0 Å². The van der Waals surface area contributed by atoms with Crippen molar-refractivity contribution in [1.82, 2.24) is 4.72 Å². The van der Waals surface area contributed by atoms with E-state index in [0.29, 0.717) is 26.1 Å². The molecule has 0 radical (unpaired) electrons. The summed E-state index contributed by atoms with van der Waals surface area (Å²) in [5.74, 6) is -1.04. The molecule has 0 aromatic carbocycles. The molecule has 0 bridgehead atoms. The quantitative estimate of drug-likeness (QED) is 0.788. The van der Waals surface area contributed by atoms with E-state index in [1.165, 1.54) is 13.8 Å². The van der Waals surface area contributed by atoms with Gasteiger partial charge in [-0.15, -0.1) is 0 Å². The van der Waals surface area contributed by atoms with Crippen molar-refractivity contribution in [1.29, 1.82) is 0 Å². The second-order valence-electron chi connectivity index (χ2n) is 6.01. The van der Waals surface area contributed by atoms with E-state index in [-0.39, 0.29) is 0 Å². The van der Waals surface area contributed by atoms with Crippen molar-refractivity contribution in [2.45, 2.75) is 51.3 Å². The summed E-state index contributed by atoms with van der Waals surface area (Å²) in [4.78, 5) is 11.3. The topological polar surface area (TPSA) is 92.7 Å². The van der Waals surface area contributed by atoms with Gasteiger partial charge >= 0.3 is 5.97 Å². The first kappa shape index (κ1) is 16.4. The lowest BCUT2D eigenvalue weighted by Crippen LogP contribution is -2.58. The van der Waals surface area contributed by atoms with Crippen molar-refractivity contribution in [3.63, 3.8) is 0 Å². The fraction of sp³-hybridized carbons (Fsp3) is 0.917. The summed E-state index contributed by atoms with van der Waals surface area (Å²) in [6.07, 6.45) is 0.887. The average Bonchev–Trinajstić information content (AvgIpc) is 2.28. The highest BCUT2D eigenvalue weighted by atomic mass is 32.2. The molecule has 0 atom stereocenters. The van der Waals surface area contributed by atoms with Crippen LogP contribution in [0.25, 0.3) is 0 Å². The molecule has 1 fully saturated rings. The van der Waals surface area contributed by atoms with Crippen LogP contribution >= 0.6 is 0 Å². The highest BCUT2D eigenvalue weighted by Gasteiger charge is 2.46. The van der Waals surface area contributed by atoms with E-state index in [2.05, 4.69) is 4.72 Å². The average molecular weight is 293 g/mol. The molecule has 0 aromatic heterocycles. The molecule has 0 aliphatic carbocycles. The number of carbonyl (C=O) groups is 1. The third-order valence-electron chi connectivity index (χ3n) is 4.10. The zero-order chi connectivity index (χ0) is 14.9. The van der Waals surface area contributed by atoms with Gasteiger partial charge in [0.05, 0.1) is 10.7 Å². The Kier molecular flexibility index (Phi) is 4.64. The van der Waals surface area contributed by atoms with Gasteiger partial charge < -0.3 is 9.84 Å². The molecule has 1 heterocycles. The van der Waals surface area contributed by atoms with Crippen LogP contribution < -0.4 is 4.72 Å². The van der Waals surface area contributed by atoms with Crippen molar-refractivity contribution in [2.24, 2.45) is 5.41 Å². The zero-order valence-corrected chi connectivity index (χ0v) is 12.7. The Morgan fingerprint density at radius 1 is 1.21 bits per heavy atom. The van der Waals surface area contributed by atoms with E-state index in [0.717, 1.165) is 0 Å². The van der Waals surface area contributed by atoms with E-state index in [4.69, 9.17) is 4.74 Å². The number of carboxylic acid groups (broad SMARTS) is 1. The maximum absolute atomic E-state index is 12.3. The molecule has 112 valence electrons. The molecule has 0 unspecified atom stereocenters. The van der Waals surface area contributed by atoms with Crippen LogP contribution in [0.2, 0.25) is 0 Å². The van der Waals surface area contributed by atoms with Crippen molar-refractivity contribution in [2.75, 3.05) is 13.2 Å². The Morgan fingerprint density at radius 2 is 1.68 bits per heavy atom. The van der Waals surface area contributed by atoms with E-state index in [1.807, 2.05) is 0 Å². The van der Waals surface area contributed by atoms with Crippen LogP contribution in [0, 0.1) is 5.41 Å². The number of carboxylic acids is 1. The highest BCUT2D eigenvalue weighted by molar-refractivity contribution is 7.90. The van der Waals surface area contributed by atoms with Crippen LogP contribution in [0.1, 0.15) is 40.5 Å². The van der Waals surface area contributed by atoms with Gasteiger partial charge in [0, 0.05) is 18.8 Å². The molecular formula is C12H23NO5S. The summed E-state index contributed by atoms with van der Waals surface area (Å²) >= 11 is 0. The van der Waals surface area contributed by atoms with Gasteiger partial charge in [0.25, 0.3) is 0 Å². The minimum absolute atomic E-state index is 0.425. The fourth-order valence-electron chi connectivity index (χ4n) is 1.82. The zero-order valence-electron chi connectivity index (χ0n) is 11.9. The molecule has 0 amide bonds. The molecule has 7 heteroatoms. The maximum atomic E-state index is 12.3. The molecule has 1 rings (SSSR count). The number of ether oxygens (including phenoxy) is 1. The molecule has 19 heavy (non-hydrogen) atoms. The van der Waals surface area contributed by atoms with Gasteiger partial charge in [-0.2, -0.15) is 0 Å². The second kappa shape index (κ2) is 5.38. The molecule has 0 aromatic rings. The van der Waals surface area contributed by atoms with Gasteiger partial charge in [0.1, 0.15) is 0 Å². The van der Waals surface area contributed by atoms with E-state index < -0.39 is 32.2 Å². The lowest BCUT2D eigenvalue weighted by molar-refractivity contribution is -0.150. The van der Waals surface area contributed by atoms with Gasteiger partial charge in [-0.25, -0.2) is 13.1 Å². The Labute approximate surface area is 114 Å². The summed E-state index contributed by atoms with van der Waals surface area (Å²) in [7, 11) is -3.55. The Morgan fingerprint density at radius 3 is 2.11 bits per heavy atom. The summed E-state index contributed by atoms with van der Waals surface area (Å²) in [6, 6.07) is 0. The largest absolute Gasteiger partial charge is 0.481 e. The monoisotopic (exact) mass is 293 g/mol. The smallest absolute Gasteiger partial charge is 0.310 e. The first-order valence-electron chi connectivity index (χ1n) is 6.34. The number of rotatable bonds is 5. The van der Waals surface area contributed by atoms with Gasteiger partial charge in [-0.05, 0) is 40.5 Å². The van der Waals surface area contributed by atoms with Gasteiger partial charge in [0.2, 0.25) is 10.0 Å². The van der Waals surface area contributed by atoms with Crippen molar-refractivity contribution < 1.29 is 23.1 Å². The Balaban J connectivity index is 2.90. The molecule has 1 aliphatic rings. The Hall–Kier alpha value is -0.660. The number of aliphatic carboxylic acids is 1. The van der Waals surface area contributed by atoms with E-state index in [9.17, 15) is 18.3 Å². The number of hydrogen-bond donors (Lipinski definition) is 2. The summed E-state index contributed by atoms with van der Waals surface area (Å²) in [5.41, 5.74) is -2.28. The van der Waals surface area contributed by atoms with Crippen LogP contribution in [-0.2, 0) is 19.6 Å². The molecule has 0 saturated carbocycles. The molecule has 1 saturated heterocycles. The van der Waals surface area contributed by atoms with Crippen LogP contribution in [0.3, 0.4) is 0 Å². The molecule has 0 spiro atoms. The lowest BCUT2D eigenvalue weighted by atomic mass is 9.75. The van der Waals surface area contributed by atoms with Gasteiger partial charge in [-0.1, -0.05) is 0 Å². The van der Waals surface area contributed by atoms with Crippen LogP contribution in [0.5, 0.6) is 0 Å². The molecule has 1 aliphatic heterocycles. The number of hydrogen-bond acceptors (Lipinski definition) is 4. The lowest BCUT2D eigenvalue weighted by Gasteiger charge is -2.39. The van der Waals surface area contributed by atoms with E-state index >= 15 is 0 Å². The minimum Gasteiger partial charge on any atom is -0.481 e. The minimum atomic E-state index is -3.55. The van der Waals surface area contributed by atoms with Crippen LogP contribution in [0.4, 0.5) is 0 Å². The molecule has 2 N–H and O–H groups in total. The Bertz CT molecular complexity index is 435.